The van der Waals surface area contributed by atoms with E-state index in [2.05, 4.69) is 4.74 Å². The standard InChI is InChI=1S/C12H12ClFO3/c1-3-8(12(16)17-2)11(15)7-4-5-10(14)9(13)6-7/h4-6,8H,3H2,1-2H3. The van der Waals surface area contributed by atoms with E-state index in [-0.39, 0.29) is 10.6 Å². The highest BCUT2D eigenvalue weighted by molar-refractivity contribution is 6.31. The first-order valence-corrected chi connectivity index (χ1v) is 5.46. The van der Waals surface area contributed by atoms with Gasteiger partial charge in [0.25, 0.3) is 0 Å². The zero-order valence-corrected chi connectivity index (χ0v) is 10.3. The van der Waals surface area contributed by atoms with Crippen molar-refractivity contribution in [2.75, 3.05) is 7.11 Å². The Morgan fingerprint density at radius 3 is 2.59 bits per heavy atom. The van der Waals surface area contributed by atoms with Crippen molar-refractivity contribution < 1.29 is 18.7 Å². The minimum absolute atomic E-state index is 0.143. The maximum Gasteiger partial charge on any atom is 0.316 e. The number of hydrogen-bond acceptors (Lipinski definition) is 3. The van der Waals surface area contributed by atoms with E-state index in [0.29, 0.717) is 6.42 Å². The number of hydrogen-bond donors (Lipinski definition) is 0. The van der Waals surface area contributed by atoms with Gasteiger partial charge in [-0.15, -0.1) is 0 Å². The van der Waals surface area contributed by atoms with Gasteiger partial charge in [-0.1, -0.05) is 18.5 Å². The van der Waals surface area contributed by atoms with E-state index in [1.54, 1.807) is 6.92 Å². The Bertz CT molecular complexity index is 445. The first-order valence-electron chi connectivity index (χ1n) is 5.08. The summed E-state index contributed by atoms with van der Waals surface area (Å²) in [5.41, 5.74) is 0.202. The SMILES string of the molecule is CCC(C(=O)OC)C(=O)c1ccc(F)c(Cl)c1. The lowest BCUT2D eigenvalue weighted by Crippen LogP contribution is -2.24. The van der Waals surface area contributed by atoms with E-state index in [1.807, 2.05) is 0 Å². The average Bonchev–Trinajstić information content (AvgIpc) is 2.33. The monoisotopic (exact) mass is 258 g/mol. The molecule has 1 unspecified atom stereocenters. The summed E-state index contributed by atoms with van der Waals surface area (Å²) in [5, 5.41) is -0.143. The van der Waals surface area contributed by atoms with E-state index in [1.165, 1.54) is 19.2 Å². The fraction of sp³-hybridized carbons (Fsp3) is 0.333. The molecule has 92 valence electrons. The van der Waals surface area contributed by atoms with E-state index in [9.17, 15) is 14.0 Å². The van der Waals surface area contributed by atoms with Crippen LogP contribution in [0.4, 0.5) is 4.39 Å². The van der Waals surface area contributed by atoms with Crippen LogP contribution in [0.5, 0.6) is 0 Å². The molecule has 0 saturated heterocycles. The molecular weight excluding hydrogens is 247 g/mol. The van der Waals surface area contributed by atoms with Crippen LogP contribution in [0.2, 0.25) is 5.02 Å². The summed E-state index contributed by atoms with van der Waals surface area (Å²) in [4.78, 5) is 23.3. The molecule has 0 aromatic heterocycles. The maximum atomic E-state index is 12.9. The molecule has 1 aromatic carbocycles. The third-order valence-corrected chi connectivity index (χ3v) is 2.70. The highest BCUT2D eigenvalue weighted by Crippen LogP contribution is 2.20. The number of ether oxygens (including phenoxy) is 1. The van der Waals surface area contributed by atoms with Gasteiger partial charge in [-0.05, 0) is 24.6 Å². The third-order valence-electron chi connectivity index (χ3n) is 2.41. The number of rotatable bonds is 4. The Hall–Kier alpha value is -1.42. The van der Waals surface area contributed by atoms with Gasteiger partial charge in [0.1, 0.15) is 11.7 Å². The summed E-state index contributed by atoms with van der Waals surface area (Å²) >= 11 is 5.58. The molecule has 0 aliphatic heterocycles. The quantitative estimate of drug-likeness (QED) is 0.474. The summed E-state index contributed by atoms with van der Waals surface area (Å²) in [6, 6.07) is 3.61. The number of Topliss-reactive ketones (excluding diaryl/α,β-unsaturated/α-hetero) is 1. The van der Waals surface area contributed by atoms with Crippen molar-refractivity contribution in [3.8, 4) is 0 Å². The van der Waals surface area contributed by atoms with Crippen LogP contribution in [-0.4, -0.2) is 18.9 Å². The van der Waals surface area contributed by atoms with Crippen molar-refractivity contribution in [3.63, 3.8) is 0 Å². The van der Waals surface area contributed by atoms with Crippen molar-refractivity contribution in [1.29, 1.82) is 0 Å². The largest absolute Gasteiger partial charge is 0.468 e. The second-order valence-corrected chi connectivity index (χ2v) is 3.88. The fourth-order valence-corrected chi connectivity index (χ4v) is 1.63. The van der Waals surface area contributed by atoms with Crippen LogP contribution in [0.3, 0.4) is 0 Å². The number of benzene rings is 1. The number of carbonyl (C=O) groups excluding carboxylic acids is 2. The molecule has 0 heterocycles. The fourth-order valence-electron chi connectivity index (χ4n) is 1.45. The zero-order chi connectivity index (χ0) is 13.0. The van der Waals surface area contributed by atoms with Crippen LogP contribution in [0.25, 0.3) is 0 Å². The normalized spacial score (nSPS) is 12.0. The number of ketones is 1. The summed E-state index contributed by atoms with van der Waals surface area (Å²) < 4.78 is 17.5. The molecule has 0 amide bonds. The van der Waals surface area contributed by atoms with Crippen molar-refractivity contribution >= 4 is 23.4 Å². The van der Waals surface area contributed by atoms with Gasteiger partial charge >= 0.3 is 5.97 Å². The van der Waals surface area contributed by atoms with Crippen molar-refractivity contribution in [1.82, 2.24) is 0 Å². The first-order chi connectivity index (χ1) is 8.01. The minimum atomic E-state index is -0.874. The van der Waals surface area contributed by atoms with Crippen molar-refractivity contribution in [2.45, 2.75) is 13.3 Å². The van der Waals surface area contributed by atoms with E-state index in [4.69, 9.17) is 11.6 Å². The molecule has 1 rings (SSSR count). The molecule has 1 aromatic rings. The lowest BCUT2D eigenvalue weighted by Gasteiger charge is -2.11. The molecule has 0 fully saturated rings. The Kier molecular flexibility index (Phi) is 4.63. The summed E-state index contributed by atoms with van der Waals surface area (Å²) in [5.74, 6) is -2.49. The number of esters is 1. The van der Waals surface area contributed by atoms with Crippen molar-refractivity contribution in [2.24, 2.45) is 5.92 Å². The summed E-state index contributed by atoms with van der Waals surface area (Å²) in [6.45, 7) is 1.70. The van der Waals surface area contributed by atoms with Crippen LogP contribution in [0.15, 0.2) is 18.2 Å². The molecule has 0 bridgehead atoms. The molecular formula is C12H12ClFO3. The van der Waals surface area contributed by atoms with Gasteiger partial charge in [0.05, 0.1) is 12.1 Å². The lowest BCUT2D eigenvalue weighted by molar-refractivity contribution is -0.143. The van der Waals surface area contributed by atoms with Gasteiger partial charge < -0.3 is 4.74 Å². The molecule has 0 N–H and O–H groups in total. The van der Waals surface area contributed by atoms with Crippen LogP contribution in [-0.2, 0) is 9.53 Å². The van der Waals surface area contributed by atoms with Gasteiger partial charge in [-0.25, -0.2) is 4.39 Å². The van der Waals surface area contributed by atoms with E-state index >= 15 is 0 Å². The predicted octanol–water partition coefficient (Wildman–Crippen LogP) is 2.86. The van der Waals surface area contributed by atoms with Gasteiger partial charge in [0.15, 0.2) is 5.78 Å². The van der Waals surface area contributed by atoms with Gasteiger partial charge in [-0.3, -0.25) is 9.59 Å². The van der Waals surface area contributed by atoms with Crippen molar-refractivity contribution in [3.05, 3.63) is 34.6 Å². The van der Waals surface area contributed by atoms with Crippen LogP contribution in [0.1, 0.15) is 23.7 Å². The molecule has 1 atom stereocenters. The number of halogens is 2. The molecule has 0 spiro atoms. The Morgan fingerprint density at radius 2 is 2.12 bits per heavy atom. The molecule has 17 heavy (non-hydrogen) atoms. The number of methoxy groups -OCH3 is 1. The van der Waals surface area contributed by atoms with Crippen LogP contribution in [0, 0.1) is 11.7 Å². The molecule has 0 saturated carbocycles. The topological polar surface area (TPSA) is 43.4 Å². The first kappa shape index (κ1) is 13.6. The molecule has 5 heteroatoms. The number of carbonyl (C=O) groups is 2. The van der Waals surface area contributed by atoms with E-state index < -0.39 is 23.5 Å². The highest BCUT2D eigenvalue weighted by Gasteiger charge is 2.26. The summed E-state index contributed by atoms with van der Waals surface area (Å²) in [7, 11) is 1.22. The average molecular weight is 259 g/mol. The second-order valence-electron chi connectivity index (χ2n) is 3.48. The minimum Gasteiger partial charge on any atom is -0.468 e. The predicted molar refractivity (Wildman–Crippen MR) is 61.5 cm³/mol. The van der Waals surface area contributed by atoms with Gasteiger partial charge in [0.2, 0.25) is 0 Å². The molecule has 3 nitrogen and oxygen atoms in total. The molecule has 0 radical (unpaired) electrons. The Labute approximate surface area is 104 Å². The lowest BCUT2D eigenvalue weighted by atomic mass is 9.95. The maximum absolute atomic E-state index is 12.9. The molecule has 0 aliphatic rings. The van der Waals surface area contributed by atoms with E-state index in [0.717, 1.165) is 6.07 Å². The van der Waals surface area contributed by atoms with Crippen LogP contribution >= 0.6 is 11.6 Å². The smallest absolute Gasteiger partial charge is 0.316 e. The molecule has 0 aliphatic carbocycles. The Morgan fingerprint density at radius 1 is 1.47 bits per heavy atom. The zero-order valence-electron chi connectivity index (χ0n) is 9.50. The third kappa shape index (κ3) is 3.03. The summed E-state index contributed by atoms with van der Waals surface area (Å²) in [6.07, 6.45) is 0.320. The Balaban J connectivity index is 3.02. The van der Waals surface area contributed by atoms with Gasteiger partial charge in [-0.2, -0.15) is 0 Å². The van der Waals surface area contributed by atoms with Crippen LogP contribution < -0.4 is 0 Å². The highest BCUT2D eigenvalue weighted by atomic mass is 35.5. The van der Waals surface area contributed by atoms with Gasteiger partial charge in [0, 0.05) is 5.56 Å². The second kappa shape index (κ2) is 5.77.